The Kier molecular flexibility index (Phi) is 8.27. The highest BCUT2D eigenvalue weighted by Gasteiger charge is 2.29. The average molecular weight is 458 g/mol. The van der Waals surface area contributed by atoms with E-state index in [1.165, 1.54) is 12.1 Å². The Hall–Kier alpha value is -3.13. The van der Waals surface area contributed by atoms with Crippen LogP contribution in [0.15, 0.2) is 42.5 Å². The van der Waals surface area contributed by atoms with Gasteiger partial charge in [0.2, 0.25) is 5.91 Å². The van der Waals surface area contributed by atoms with Crippen molar-refractivity contribution in [3.63, 3.8) is 0 Å². The zero-order valence-corrected chi connectivity index (χ0v) is 19.6. The van der Waals surface area contributed by atoms with Crippen molar-refractivity contribution in [3.8, 4) is 11.5 Å². The topological polar surface area (TPSA) is 71.1 Å². The second-order valence-corrected chi connectivity index (χ2v) is 8.44. The third-order valence-corrected chi connectivity index (χ3v) is 6.10. The van der Waals surface area contributed by atoms with Gasteiger partial charge in [0.15, 0.2) is 0 Å². The van der Waals surface area contributed by atoms with Gasteiger partial charge < -0.3 is 24.6 Å². The fraction of sp³-hybridized carbons (Fsp3) is 0.440. The van der Waals surface area contributed by atoms with Gasteiger partial charge in [-0.2, -0.15) is 0 Å². The van der Waals surface area contributed by atoms with Gasteiger partial charge in [-0.05, 0) is 56.8 Å². The number of likely N-dealkylation sites (tertiary alicyclic amines) is 1. The van der Waals surface area contributed by atoms with E-state index >= 15 is 0 Å². The van der Waals surface area contributed by atoms with Crippen LogP contribution in [0.1, 0.15) is 34.8 Å². The molecule has 1 atom stereocenters. The molecule has 1 saturated heterocycles. The van der Waals surface area contributed by atoms with Crippen molar-refractivity contribution in [3.05, 3.63) is 59.4 Å². The van der Waals surface area contributed by atoms with Gasteiger partial charge in [0.25, 0.3) is 5.91 Å². The maximum atomic E-state index is 13.3. The smallest absolute Gasteiger partial charge is 0.254 e. The summed E-state index contributed by atoms with van der Waals surface area (Å²) in [4.78, 5) is 29.5. The number of carbonyl (C=O) groups excluding carboxylic acids is 2. The molecule has 1 N–H and O–H groups in total. The van der Waals surface area contributed by atoms with Crippen molar-refractivity contribution in [1.29, 1.82) is 0 Å². The van der Waals surface area contributed by atoms with Crippen molar-refractivity contribution in [2.45, 2.75) is 18.9 Å². The van der Waals surface area contributed by atoms with Gasteiger partial charge in [0.1, 0.15) is 17.3 Å². The van der Waals surface area contributed by atoms with Gasteiger partial charge in [-0.3, -0.25) is 9.59 Å². The fourth-order valence-corrected chi connectivity index (χ4v) is 4.08. The van der Waals surface area contributed by atoms with Crippen LogP contribution in [-0.4, -0.2) is 69.6 Å². The average Bonchev–Trinajstić information content (AvgIpc) is 2.84. The Morgan fingerprint density at radius 2 is 1.64 bits per heavy atom. The maximum absolute atomic E-state index is 13.3. The SMILES string of the molecule is COc1cc(OC)cc(C(=O)N2CCC(C(=O)NC[C@H](c3ccc(F)cc3)N(C)C)CC2)c1. The summed E-state index contributed by atoms with van der Waals surface area (Å²) in [7, 11) is 6.95. The number of rotatable bonds is 8. The Balaban J connectivity index is 1.55. The van der Waals surface area contributed by atoms with E-state index in [4.69, 9.17) is 9.47 Å². The molecule has 0 aromatic heterocycles. The minimum atomic E-state index is -0.283. The highest BCUT2D eigenvalue weighted by Crippen LogP contribution is 2.26. The number of ether oxygens (including phenoxy) is 2. The molecule has 0 saturated carbocycles. The molecular formula is C25H32FN3O4. The predicted molar refractivity (Wildman–Crippen MR) is 124 cm³/mol. The third-order valence-electron chi connectivity index (χ3n) is 6.10. The van der Waals surface area contributed by atoms with Crippen LogP contribution in [0.25, 0.3) is 0 Å². The van der Waals surface area contributed by atoms with Crippen molar-refractivity contribution in [2.75, 3.05) is 47.9 Å². The van der Waals surface area contributed by atoms with Crippen LogP contribution < -0.4 is 14.8 Å². The molecule has 3 rings (SSSR count). The first-order valence-electron chi connectivity index (χ1n) is 11.0. The van der Waals surface area contributed by atoms with Crippen LogP contribution in [0, 0.1) is 11.7 Å². The molecule has 7 nitrogen and oxygen atoms in total. The number of hydrogen-bond donors (Lipinski definition) is 1. The third kappa shape index (κ3) is 6.22. The Bertz CT molecular complexity index is 934. The Morgan fingerprint density at radius 3 is 2.15 bits per heavy atom. The highest BCUT2D eigenvalue weighted by atomic mass is 19.1. The molecule has 1 heterocycles. The molecule has 1 aliphatic heterocycles. The van der Waals surface area contributed by atoms with Crippen LogP contribution in [-0.2, 0) is 4.79 Å². The molecule has 0 bridgehead atoms. The largest absolute Gasteiger partial charge is 0.497 e. The lowest BCUT2D eigenvalue weighted by Crippen LogP contribution is -2.44. The number of hydrogen-bond acceptors (Lipinski definition) is 5. The molecule has 33 heavy (non-hydrogen) atoms. The summed E-state index contributed by atoms with van der Waals surface area (Å²) >= 11 is 0. The number of methoxy groups -OCH3 is 2. The van der Waals surface area contributed by atoms with E-state index in [1.807, 2.05) is 19.0 Å². The van der Waals surface area contributed by atoms with Crippen molar-refractivity contribution in [1.82, 2.24) is 15.1 Å². The normalized spacial score (nSPS) is 15.3. The lowest BCUT2D eigenvalue weighted by molar-refractivity contribution is -0.126. The van der Waals surface area contributed by atoms with E-state index in [9.17, 15) is 14.0 Å². The zero-order valence-electron chi connectivity index (χ0n) is 19.6. The Morgan fingerprint density at radius 1 is 1.06 bits per heavy atom. The lowest BCUT2D eigenvalue weighted by Gasteiger charge is -2.32. The zero-order chi connectivity index (χ0) is 24.0. The van der Waals surface area contributed by atoms with E-state index in [0.29, 0.717) is 49.5 Å². The molecule has 0 spiro atoms. The molecule has 0 unspecified atom stereocenters. The van der Waals surface area contributed by atoms with Gasteiger partial charge >= 0.3 is 0 Å². The van der Waals surface area contributed by atoms with Crippen molar-refractivity contribution in [2.24, 2.45) is 5.92 Å². The molecule has 8 heteroatoms. The first-order valence-corrected chi connectivity index (χ1v) is 11.0. The number of carbonyl (C=O) groups is 2. The highest BCUT2D eigenvalue weighted by molar-refractivity contribution is 5.95. The van der Waals surface area contributed by atoms with Crippen LogP contribution in [0.4, 0.5) is 4.39 Å². The molecule has 2 amide bonds. The summed E-state index contributed by atoms with van der Waals surface area (Å²) in [6.07, 6.45) is 1.20. The number of likely N-dealkylation sites (N-methyl/N-ethyl adjacent to an activating group) is 1. The van der Waals surface area contributed by atoms with Crippen LogP contribution >= 0.6 is 0 Å². The van der Waals surface area contributed by atoms with E-state index in [1.54, 1.807) is 49.5 Å². The van der Waals surface area contributed by atoms with Crippen molar-refractivity contribution >= 4 is 11.8 Å². The van der Waals surface area contributed by atoms with Crippen LogP contribution in [0.3, 0.4) is 0 Å². The van der Waals surface area contributed by atoms with Crippen LogP contribution in [0.5, 0.6) is 11.5 Å². The summed E-state index contributed by atoms with van der Waals surface area (Å²) < 4.78 is 23.8. The molecule has 0 radical (unpaired) electrons. The number of piperidine rings is 1. The standard InChI is InChI=1S/C25H32FN3O4/c1-28(2)23(17-5-7-20(26)8-6-17)16-27-24(30)18-9-11-29(12-10-18)25(31)19-13-21(32-3)15-22(14-19)33-4/h5-8,13-15,18,23H,9-12,16H2,1-4H3,(H,27,30)/t23-/m1/s1. The number of halogens is 1. The molecule has 2 aromatic carbocycles. The summed E-state index contributed by atoms with van der Waals surface area (Å²) in [5.74, 6) is 0.570. The molecule has 2 aromatic rings. The lowest BCUT2D eigenvalue weighted by atomic mass is 9.95. The van der Waals surface area contributed by atoms with E-state index in [2.05, 4.69) is 5.32 Å². The number of amides is 2. The Labute approximate surface area is 194 Å². The first kappa shape index (κ1) is 24.5. The monoisotopic (exact) mass is 457 g/mol. The van der Waals surface area contributed by atoms with E-state index in [0.717, 1.165) is 5.56 Å². The molecule has 0 aliphatic carbocycles. The van der Waals surface area contributed by atoms with Gasteiger partial charge in [0.05, 0.1) is 20.3 Å². The van der Waals surface area contributed by atoms with E-state index in [-0.39, 0.29) is 29.6 Å². The summed E-state index contributed by atoms with van der Waals surface area (Å²) in [5, 5.41) is 3.04. The number of nitrogens with one attached hydrogen (secondary N) is 1. The van der Waals surface area contributed by atoms with Gasteiger partial charge in [-0.15, -0.1) is 0 Å². The summed E-state index contributed by atoms with van der Waals surface area (Å²) in [5.41, 5.74) is 1.44. The summed E-state index contributed by atoms with van der Waals surface area (Å²) in [6, 6.07) is 11.4. The fourth-order valence-electron chi connectivity index (χ4n) is 4.08. The second-order valence-electron chi connectivity index (χ2n) is 8.44. The molecule has 1 fully saturated rings. The molecular weight excluding hydrogens is 425 g/mol. The van der Waals surface area contributed by atoms with Gasteiger partial charge in [-0.25, -0.2) is 4.39 Å². The minimum absolute atomic E-state index is 0.0147. The molecule has 178 valence electrons. The van der Waals surface area contributed by atoms with Gasteiger partial charge in [-0.1, -0.05) is 12.1 Å². The quantitative estimate of drug-likeness (QED) is 0.660. The first-order chi connectivity index (χ1) is 15.8. The number of nitrogens with zero attached hydrogens (tertiary/aromatic N) is 2. The maximum Gasteiger partial charge on any atom is 0.254 e. The number of benzene rings is 2. The van der Waals surface area contributed by atoms with Gasteiger partial charge in [0, 0.05) is 37.2 Å². The second kappa shape index (κ2) is 11.1. The predicted octanol–water partition coefficient (Wildman–Crippen LogP) is 3.11. The minimum Gasteiger partial charge on any atom is -0.497 e. The van der Waals surface area contributed by atoms with Crippen LogP contribution in [0.2, 0.25) is 0 Å². The summed E-state index contributed by atoms with van der Waals surface area (Å²) in [6.45, 7) is 1.44. The van der Waals surface area contributed by atoms with Crippen molar-refractivity contribution < 1.29 is 23.5 Å². The van der Waals surface area contributed by atoms with E-state index < -0.39 is 0 Å². The molecule has 1 aliphatic rings.